The Morgan fingerprint density at radius 3 is 2.53 bits per heavy atom. The SMILES string of the molecule is O=C(CNC1CCS(=O)CC1)Nc1ccc(F)cc1. The Balaban J connectivity index is 1.72. The second-order valence-electron chi connectivity index (χ2n) is 4.56. The molecule has 1 aromatic carbocycles. The molecule has 1 fully saturated rings. The first kappa shape index (κ1) is 14.1. The first-order chi connectivity index (χ1) is 9.13. The fourth-order valence-electron chi connectivity index (χ4n) is 1.97. The van der Waals surface area contributed by atoms with Crippen molar-refractivity contribution in [2.75, 3.05) is 23.4 Å². The van der Waals surface area contributed by atoms with Crippen molar-refractivity contribution in [2.24, 2.45) is 0 Å². The Morgan fingerprint density at radius 2 is 1.89 bits per heavy atom. The van der Waals surface area contributed by atoms with Crippen LogP contribution in [0.25, 0.3) is 0 Å². The third-order valence-corrected chi connectivity index (χ3v) is 4.45. The minimum Gasteiger partial charge on any atom is -0.325 e. The van der Waals surface area contributed by atoms with Gasteiger partial charge in [0.05, 0.1) is 6.54 Å². The Morgan fingerprint density at radius 1 is 1.26 bits per heavy atom. The second kappa shape index (κ2) is 6.77. The highest BCUT2D eigenvalue weighted by Gasteiger charge is 2.17. The van der Waals surface area contributed by atoms with Crippen molar-refractivity contribution >= 4 is 22.4 Å². The molecule has 6 heteroatoms. The molecule has 0 aliphatic carbocycles. The molecule has 19 heavy (non-hydrogen) atoms. The molecule has 2 N–H and O–H groups in total. The summed E-state index contributed by atoms with van der Waals surface area (Å²) in [6, 6.07) is 5.92. The van der Waals surface area contributed by atoms with Gasteiger partial charge in [-0.15, -0.1) is 0 Å². The standard InChI is InChI=1S/C13H17FN2O2S/c14-10-1-3-12(4-2-10)16-13(17)9-15-11-5-7-19(18)8-6-11/h1-4,11,15H,5-9H2,(H,16,17). The molecule has 1 heterocycles. The Kier molecular flexibility index (Phi) is 5.04. The quantitative estimate of drug-likeness (QED) is 0.875. The Bertz CT molecular complexity index is 454. The third kappa shape index (κ3) is 4.72. The van der Waals surface area contributed by atoms with Crippen LogP contribution in [0.1, 0.15) is 12.8 Å². The molecule has 0 saturated carbocycles. The predicted octanol–water partition coefficient (Wildman–Crippen LogP) is 1.26. The summed E-state index contributed by atoms with van der Waals surface area (Å²) in [4.78, 5) is 11.7. The summed E-state index contributed by atoms with van der Waals surface area (Å²) in [5.41, 5.74) is 0.581. The molecule has 0 radical (unpaired) electrons. The van der Waals surface area contributed by atoms with Crippen molar-refractivity contribution in [1.29, 1.82) is 0 Å². The van der Waals surface area contributed by atoms with E-state index in [0.717, 1.165) is 12.8 Å². The summed E-state index contributed by atoms with van der Waals surface area (Å²) in [5, 5.41) is 5.84. The van der Waals surface area contributed by atoms with E-state index in [9.17, 15) is 13.4 Å². The van der Waals surface area contributed by atoms with E-state index in [1.54, 1.807) is 0 Å². The number of halogens is 1. The summed E-state index contributed by atoms with van der Waals surface area (Å²) < 4.78 is 23.9. The number of carbonyl (C=O) groups excluding carboxylic acids is 1. The number of amides is 1. The van der Waals surface area contributed by atoms with Crippen LogP contribution in [0.2, 0.25) is 0 Å². The van der Waals surface area contributed by atoms with Gasteiger partial charge in [-0.05, 0) is 37.1 Å². The van der Waals surface area contributed by atoms with Crippen LogP contribution in [0.15, 0.2) is 24.3 Å². The maximum Gasteiger partial charge on any atom is 0.238 e. The van der Waals surface area contributed by atoms with Gasteiger partial charge in [0.1, 0.15) is 5.82 Å². The average Bonchev–Trinajstić information content (AvgIpc) is 2.41. The molecule has 0 unspecified atom stereocenters. The molecule has 1 aliphatic heterocycles. The predicted molar refractivity (Wildman–Crippen MR) is 73.9 cm³/mol. The fourth-order valence-corrected chi connectivity index (χ4v) is 3.27. The molecule has 0 aromatic heterocycles. The zero-order valence-electron chi connectivity index (χ0n) is 10.5. The molecular formula is C13H17FN2O2S. The van der Waals surface area contributed by atoms with Crippen LogP contribution in [0, 0.1) is 5.82 Å². The van der Waals surface area contributed by atoms with Gasteiger partial charge in [0.25, 0.3) is 0 Å². The largest absolute Gasteiger partial charge is 0.325 e. The fraction of sp³-hybridized carbons (Fsp3) is 0.462. The zero-order valence-corrected chi connectivity index (χ0v) is 11.3. The normalized spacial score (nSPS) is 23.0. The lowest BCUT2D eigenvalue weighted by atomic mass is 10.1. The zero-order chi connectivity index (χ0) is 13.7. The van der Waals surface area contributed by atoms with Crippen LogP contribution in [-0.2, 0) is 15.6 Å². The summed E-state index contributed by atoms with van der Waals surface area (Å²) in [6.07, 6.45) is 1.69. The highest BCUT2D eigenvalue weighted by atomic mass is 32.2. The van der Waals surface area contributed by atoms with Crippen molar-refractivity contribution in [3.8, 4) is 0 Å². The van der Waals surface area contributed by atoms with Gasteiger partial charge >= 0.3 is 0 Å². The monoisotopic (exact) mass is 284 g/mol. The van der Waals surface area contributed by atoms with E-state index >= 15 is 0 Å². The van der Waals surface area contributed by atoms with Crippen molar-refractivity contribution in [2.45, 2.75) is 18.9 Å². The smallest absolute Gasteiger partial charge is 0.238 e. The number of nitrogens with one attached hydrogen (secondary N) is 2. The van der Waals surface area contributed by atoms with Gasteiger partial charge in [-0.2, -0.15) is 0 Å². The van der Waals surface area contributed by atoms with E-state index in [4.69, 9.17) is 0 Å². The summed E-state index contributed by atoms with van der Waals surface area (Å²) in [6.45, 7) is 0.217. The number of benzene rings is 1. The maximum atomic E-state index is 12.7. The lowest BCUT2D eigenvalue weighted by Crippen LogP contribution is -2.40. The maximum absolute atomic E-state index is 12.7. The van der Waals surface area contributed by atoms with E-state index in [1.807, 2.05) is 0 Å². The van der Waals surface area contributed by atoms with Crippen LogP contribution < -0.4 is 10.6 Å². The minimum absolute atomic E-state index is 0.154. The van der Waals surface area contributed by atoms with Crippen LogP contribution in [0.3, 0.4) is 0 Å². The minimum atomic E-state index is -0.685. The van der Waals surface area contributed by atoms with Crippen LogP contribution in [-0.4, -0.2) is 34.2 Å². The van der Waals surface area contributed by atoms with E-state index in [1.165, 1.54) is 24.3 Å². The highest BCUT2D eigenvalue weighted by Crippen LogP contribution is 2.10. The number of anilines is 1. The van der Waals surface area contributed by atoms with Gasteiger partial charge in [-0.1, -0.05) is 0 Å². The lowest BCUT2D eigenvalue weighted by Gasteiger charge is -2.22. The van der Waals surface area contributed by atoms with Gasteiger partial charge < -0.3 is 10.6 Å². The Labute approximate surface area is 114 Å². The number of carbonyl (C=O) groups is 1. The first-order valence-corrected chi connectivity index (χ1v) is 7.76. The van der Waals surface area contributed by atoms with Crippen molar-refractivity contribution in [3.63, 3.8) is 0 Å². The number of hydrogen-bond donors (Lipinski definition) is 2. The Hall–Kier alpha value is -1.27. The van der Waals surface area contributed by atoms with Gasteiger partial charge in [-0.25, -0.2) is 4.39 Å². The average molecular weight is 284 g/mol. The first-order valence-electron chi connectivity index (χ1n) is 6.27. The van der Waals surface area contributed by atoms with Crippen LogP contribution in [0.4, 0.5) is 10.1 Å². The highest BCUT2D eigenvalue weighted by molar-refractivity contribution is 7.85. The molecule has 4 nitrogen and oxygen atoms in total. The molecule has 1 aromatic rings. The molecule has 1 saturated heterocycles. The van der Waals surface area contributed by atoms with Gasteiger partial charge in [0.15, 0.2) is 0 Å². The number of hydrogen-bond acceptors (Lipinski definition) is 3. The number of rotatable bonds is 4. The summed E-state index contributed by atoms with van der Waals surface area (Å²) in [7, 11) is -0.685. The topological polar surface area (TPSA) is 58.2 Å². The van der Waals surface area contributed by atoms with E-state index < -0.39 is 10.8 Å². The van der Waals surface area contributed by atoms with Crippen molar-refractivity contribution in [1.82, 2.24) is 5.32 Å². The third-order valence-electron chi connectivity index (χ3n) is 3.07. The summed E-state index contributed by atoms with van der Waals surface area (Å²) >= 11 is 0. The van der Waals surface area contributed by atoms with E-state index in [2.05, 4.69) is 10.6 Å². The van der Waals surface area contributed by atoms with Crippen molar-refractivity contribution < 1.29 is 13.4 Å². The molecule has 0 spiro atoms. The van der Waals surface area contributed by atoms with Crippen molar-refractivity contribution in [3.05, 3.63) is 30.1 Å². The van der Waals surface area contributed by atoms with Gasteiger partial charge in [-0.3, -0.25) is 9.00 Å². The van der Waals surface area contributed by atoms with E-state index in [0.29, 0.717) is 17.2 Å². The summed E-state index contributed by atoms with van der Waals surface area (Å²) in [5.74, 6) is 0.929. The second-order valence-corrected chi connectivity index (χ2v) is 6.25. The van der Waals surface area contributed by atoms with E-state index in [-0.39, 0.29) is 24.3 Å². The lowest BCUT2D eigenvalue weighted by molar-refractivity contribution is -0.115. The molecule has 1 aliphatic rings. The van der Waals surface area contributed by atoms with Gasteiger partial charge in [0.2, 0.25) is 5.91 Å². The van der Waals surface area contributed by atoms with Crippen LogP contribution >= 0.6 is 0 Å². The van der Waals surface area contributed by atoms with Gasteiger partial charge in [0, 0.05) is 34.0 Å². The molecule has 104 valence electrons. The molecule has 1 amide bonds. The molecule has 2 rings (SSSR count). The van der Waals surface area contributed by atoms with Crippen LogP contribution in [0.5, 0.6) is 0 Å². The molecule has 0 bridgehead atoms. The molecular weight excluding hydrogens is 267 g/mol. The molecule has 0 atom stereocenters.